The average Bonchev–Trinajstić information content (AvgIpc) is 2.92. The van der Waals surface area contributed by atoms with Crippen molar-refractivity contribution >= 4 is 11.8 Å². The highest BCUT2D eigenvalue weighted by Crippen LogP contribution is 2.09. The molecule has 17 heavy (non-hydrogen) atoms. The number of carbonyl (C=O) groups is 2. The Kier molecular flexibility index (Phi) is 4.36. The van der Waals surface area contributed by atoms with Crippen LogP contribution in [0, 0.1) is 0 Å². The monoisotopic (exact) mass is 239 g/mol. The predicted octanol–water partition coefficient (Wildman–Crippen LogP) is -0.133. The van der Waals surface area contributed by atoms with Crippen LogP contribution < -0.4 is 10.6 Å². The second-order valence-electron chi connectivity index (χ2n) is 4.85. The summed E-state index contributed by atoms with van der Waals surface area (Å²) in [5.41, 5.74) is 0. The molecule has 2 aliphatic rings. The van der Waals surface area contributed by atoms with Gasteiger partial charge in [0.05, 0.1) is 6.54 Å². The lowest BCUT2D eigenvalue weighted by Crippen LogP contribution is -2.39. The van der Waals surface area contributed by atoms with Crippen LogP contribution in [0.15, 0.2) is 0 Å². The molecule has 0 aromatic rings. The molecule has 0 spiro atoms. The zero-order valence-electron chi connectivity index (χ0n) is 10.2. The lowest BCUT2D eigenvalue weighted by molar-refractivity contribution is -0.133. The van der Waals surface area contributed by atoms with E-state index < -0.39 is 0 Å². The van der Waals surface area contributed by atoms with E-state index in [2.05, 4.69) is 10.6 Å². The van der Waals surface area contributed by atoms with Gasteiger partial charge in [0.1, 0.15) is 0 Å². The molecule has 2 saturated heterocycles. The number of carbonyl (C=O) groups excluding carboxylic acids is 2. The number of amides is 2. The van der Waals surface area contributed by atoms with Gasteiger partial charge in [-0.3, -0.25) is 9.59 Å². The van der Waals surface area contributed by atoms with Gasteiger partial charge in [-0.05, 0) is 32.2 Å². The van der Waals surface area contributed by atoms with E-state index in [0.717, 1.165) is 25.9 Å². The maximum Gasteiger partial charge on any atom is 0.239 e. The first kappa shape index (κ1) is 12.4. The van der Waals surface area contributed by atoms with E-state index in [0.29, 0.717) is 19.0 Å². The summed E-state index contributed by atoms with van der Waals surface area (Å²) in [5, 5.41) is 6.28. The highest BCUT2D eigenvalue weighted by Gasteiger charge is 2.22. The Hall–Kier alpha value is -1.10. The number of nitrogens with zero attached hydrogens (tertiary/aromatic N) is 1. The number of nitrogens with one attached hydrogen (secondary N) is 2. The van der Waals surface area contributed by atoms with Gasteiger partial charge >= 0.3 is 0 Å². The van der Waals surface area contributed by atoms with E-state index in [4.69, 9.17) is 0 Å². The Bertz CT molecular complexity index is 287. The van der Waals surface area contributed by atoms with Crippen molar-refractivity contribution in [3.63, 3.8) is 0 Å². The van der Waals surface area contributed by atoms with Crippen LogP contribution in [0.5, 0.6) is 0 Å². The fourth-order valence-electron chi connectivity index (χ4n) is 2.49. The Morgan fingerprint density at radius 1 is 1.47 bits per heavy atom. The minimum atomic E-state index is -0.0294. The highest BCUT2D eigenvalue weighted by molar-refractivity contribution is 5.85. The van der Waals surface area contributed by atoms with Crippen molar-refractivity contribution in [2.45, 2.75) is 38.1 Å². The Balaban J connectivity index is 1.58. The maximum absolute atomic E-state index is 11.6. The lowest BCUT2D eigenvalue weighted by atomic mass is 10.1. The first-order valence-electron chi connectivity index (χ1n) is 6.53. The van der Waals surface area contributed by atoms with Crippen molar-refractivity contribution in [2.75, 3.05) is 26.2 Å². The van der Waals surface area contributed by atoms with E-state index in [1.165, 1.54) is 12.8 Å². The van der Waals surface area contributed by atoms with Crippen molar-refractivity contribution in [1.29, 1.82) is 0 Å². The molecule has 2 fully saturated rings. The maximum atomic E-state index is 11.6. The summed E-state index contributed by atoms with van der Waals surface area (Å²) in [6.45, 7) is 2.77. The van der Waals surface area contributed by atoms with Gasteiger partial charge < -0.3 is 15.5 Å². The van der Waals surface area contributed by atoms with Crippen LogP contribution in [-0.2, 0) is 9.59 Å². The minimum Gasteiger partial charge on any atom is -0.355 e. The van der Waals surface area contributed by atoms with E-state index in [9.17, 15) is 9.59 Å². The van der Waals surface area contributed by atoms with Crippen LogP contribution in [0.25, 0.3) is 0 Å². The van der Waals surface area contributed by atoms with Gasteiger partial charge in [0.15, 0.2) is 0 Å². The van der Waals surface area contributed by atoms with Gasteiger partial charge in [0.25, 0.3) is 0 Å². The van der Waals surface area contributed by atoms with Crippen molar-refractivity contribution in [3.8, 4) is 0 Å². The van der Waals surface area contributed by atoms with Gasteiger partial charge in [-0.25, -0.2) is 0 Å². The van der Waals surface area contributed by atoms with Gasteiger partial charge in [0.2, 0.25) is 11.8 Å². The van der Waals surface area contributed by atoms with Crippen molar-refractivity contribution in [2.24, 2.45) is 0 Å². The molecule has 2 heterocycles. The summed E-state index contributed by atoms with van der Waals surface area (Å²) >= 11 is 0. The second-order valence-corrected chi connectivity index (χ2v) is 4.85. The third kappa shape index (κ3) is 3.70. The molecule has 0 aliphatic carbocycles. The Morgan fingerprint density at radius 2 is 2.35 bits per heavy atom. The largest absolute Gasteiger partial charge is 0.355 e. The summed E-state index contributed by atoms with van der Waals surface area (Å²) < 4.78 is 0. The number of likely N-dealkylation sites (tertiary alicyclic amines) is 1. The molecule has 0 radical (unpaired) electrons. The van der Waals surface area contributed by atoms with Gasteiger partial charge in [0, 0.05) is 25.6 Å². The van der Waals surface area contributed by atoms with E-state index in [-0.39, 0.29) is 18.4 Å². The van der Waals surface area contributed by atoms with Crippen LogP contribution in [0.1, 0.15) is 32.1 Å². The SMILES string of the molecule is O=C(CN1CCCC1=O)NCCC1CCCN1. The first-order valence-corrected chi connectivity index (χ1v) is 6.53. The van der Waals surface area contributed by atoms with Gasteiger partial charge in [-0.15, -0.1) is 0 Å². The molecule has 0 aromatic heterocycles. The molecule has 5 heteroatoms. The standard InChI is InChI=1S/C12H21N3O2/c16-11(9-15-8-2-4-12(15)17)14-7-5-10-3-1-6-13-10/h10,13H,1-9H2,(H,14,16). The van der Waals surface area contributed by atoms with Crippen LogP contribution in [0.3, 0.4) is 0 Å². The molecule has 2 N–H and O–H groups in total. The normalized spacial score (nSPS) is 24.4. The third-order valence-electron chi connectivity index (χ3n) is 3.48. The zero-order chi connectivity index (χ0) is 12.1. The molecular weight excluding hydrogens is 218 g/mol. The Labute approximate surface area is 102 Å². The van der Waals surface area contributed by atoms with Crippen molar-refractivity contribution < 1.29 is 9.59 Å². The molecule has 2 amide bonds. The molecule has 2 aliphatic heterocycles. The topological polar surface area (TPSA) is 61.4 Å². The smallest absolute Gasteiger partial charge is 0.239 e. The van der Waals surface area contributed by atoms with Gasteiger partial charge in [-0.1, -0.05) is 0 Å². The molecule has 2 rings (SSSR count). The first-order chi connectivity index (χ1) is 8.25. The Morgan fingerprint density at radius 3 is 3.00 bits per heavy atom. The molecular formula is C12H21N3O2. The lowest BCUT2D eigenvalue weighted by Gasteiger charge is -2.15. The number of hydrogen-bond acceptors (Lipinski definition) is 3. The zero-order valence-corrected chi connectivity index (χ0v) is 10.2. The number of rotatable bonds is 5. The highest BCUT2D eigenvalue weighted by atomic mass is 16.2. The summed E-state index contributed by atoms with van der Waals surface area (Å²) in [5.74, 6) is 0.0795. The summed E-state index contributed by atoms with van der Waals surface area (Å²) in [6.07, 6.45) is 4.92. The van der Waals surface area contributed by atoms with Crippen LogP contribution in [0.4, 0.5) is 0 Å². The summed E-state index contributed by atoms with van der Waals surface area (Å²) in [6, 6.07) is 0.559. The summed E-state index contributed by atoms with van der Waals surface area (Å²) in [4.78, 5) is 24.6. The average molecular weight is 239 g/mol. The van der Waals surface area contributed by atoms with Gasteiger partial charge in [-0.2, -0.15) is 0 Å². The molecule has 1 atom stereocenters. The van der Waals surface area contributed by atoms with Crippen LogP contribution >= 0.6 is 0 Å². The second kappa shape index (κ2) is 6.00. The quantitative estimate of drug-likeness (QED) is 0.702. The minimum absolute atomic E-state index is 0.0294. The molecule has 0 saturated carbocycles. The van der Waals surface area contributed by atoms with E-state index >= 15 is 0 Å². The van der Waals surface area contributed by atoms with Crippen LogP contribution in [0.2, 0.25) is 0 Å². The number of hydrogen-bond donors (Lipinski definition) is 2. The molecule has 0 bridgehead atoms. The third-order valence-corrected chi connectivity index (χ3v) is 3.48. The van der Waals surface area contributed by atoms with E-state index in [1.807, 2.05) is 0 Å². The molecule has 0 aromatic carbocycles. The summed E-state index contributed by atoms with van der Waals surface area (Å²) in [7, 11) is 0. The molecule has 1 unspecified atom stereocenters. The fraction of sp³-hybridized carbons (Fsp3) is 0.833. The molecule has 5 nitrogen and oxygen atoms in total. The molecule has 96 valence electrons. The van der Waals surface area contributed by atoms with Crippen molar-refractivity contribution in [1.82, 2.24) is 15.5 Å². The fourth-order valence-corrected chi connectivity index (χ4v) is 2.49. The van der Waals surface area contributed by atoms with Crippen molar-refractivity contribution in [3.05, 3.63) is 0 Å². The van der Waals surface area contributed by atoms with Crippen LogP contribution in [-0.4, -0.2) is 48.9 Å². The van der Waals surface area contributed by atoms with E-state index in [1.54, 1.807) is 4.90 Å². The predicted molar refractivity (Wildman–Crippen MR) is 64.5 cm³/mol.